The highest BCUT2D eigenvalue weighted by Gasteiger charge is 2.20. The fraction of sp³-hybridized carbons (Fsp3) is 0.120. The zero-order valence-corrected chi connectivity index (χ0v) is 17.9. The van der Waals surface area contributed by atoms with Gasteiger partial charge in [-0.1, -0.05) is 29.8 Å². The number of anilines is 1. The number of nitrogens with one attached hydrogen (secondary N) is 1. The quantitative estimate of drug-likeness (QED) is 0.453. The maximum absolute atomic E-state index is 14.1. The molecular weight excluding hydrogens is 409 g/mol. The number of aromatic nitrogens is 2. The number of carbonyl (C=O) groups excluding carboxylic acids is 1. The lowest BCUT2D eigenvalue weighted by atomic mass is 10.1. The molecule has 1 N–H and O–H groups in total. The van der Waals surface area contributed by atoms with Crippen molar-refractivity contribution >= 4 is 11.6 Å². The third-order valence-corrected chi connectivity index (χ3v) is 5.03. The zero-order valence-electron chi connectivity index (χ0n) is 17.9. The molecule has 0 aliphatic rings. The van der Waals surface area contributed by atoms with Gasteiger partial charge in [-0.3, -0.25) is 4.79 Å². The van der Waals surface area contributed by atoms with Crippen LogP contribution in [0.15, 0.2) is 72.8 Å². The summed E-state index contributed by atoms with van der Waals surface area (Å²) in [6, 6.07) is 20.6. The molecule has 3 aromatic carbocycles. The molecule has 162 valence electrons. The van der Waals surface area contributed by atoms with E-state index in [9.17, 15) is 9.18 Å². The smallest absolute Gasteiger partial charge is 0.274 e. The van der Waals surface area contributed by atoms with E-state index in [2.05, 4.69) is 10.4 Å². The first-order valence-electron chi connectivity index (χ1n) is 9.95. The molecule has 4 aromatic rings. The van der Waals surface area contributed by atoms with Gasteiger partial charge >= 0.3 is 0 Å². The number of ether oxygens (including phenoxy) is 2. The molecule has 0 bridgehead atoms. The van der Waals surface area contributed by atoms with E-state index >= 15 is 0 Å². The standard InChI is InChI=1S/C25H22FN3O3/c1-16-8-10-17(11-9-16)29-23(25(30)27-21-7-5-4-6-20(21)26)15-22(28-29)19-13-12-18(31-2)14-24(19)32-3/h4-15H,1-3H3,(H,27,30). The van der Waals surface area contributed by atoms with Gasteiger partial charge in [0.05, 0.1) is 31.3 Å². The molecule has 1 heterocycles. The average molecular weight is 431 g/mol. The second-order valence-electron chi connectivity index (χ2n) is 7.16. The topological polar surface area (TPSA) is 65.4 Å². The number of halogens is 1. The van der Waals surface area contributed by atoms with Gasteiger partial charge in [0.2, 0.25) is 0 Å². The van der Waals surface area contributed by atoms with Crippen LogP contribution in [0.3, 0.4) is 0 Å². The molecule has 7 heteroatoms. The third-order valence-electron chi connectivity index (χ3n) is 5.03. The Morgan fingerprint density at radius 3 is 2.41 bits per heavy atom. The van der Waals surface area contributed by atoms with Crippen molar-refractivity contribution in [2.24, 2.45) is 0 Å². The Hall–Kier alpha value is -4.13. The van der Waals surface area contributed by atoms with E-state index in [1.165, 1.54) is 16.8 Å². The molecule has 0 aliphatic carbocycles. The molecule has 1 aromatic heterocycles. The molecule has 32 heavy (non-hydrogen) atoms. The fourth-order valence-corrected chi connectivity index (χ4v) is 3.32. The first kappa shape index (κ1) is 21.1. The van der Waals surface area contributed by atoms with Gasteiger partial charge in [0.15, 0.2) is 0 Å². The predicted octanol–water partition coefficient (Wildman–Crippen LogP) is 5.26. The summed E-state index contributed by atoms with van der Waals surface area (Å²) in [4.78, 5) is 13.1. The lowest BCUT2D eigenvalue weighted by Crippen LogP contribution is -2.17. The number of aryl methyl sites for hydroxylation is 1. The fourth-order valence-electron chi connectivity index (χ4n) is 3.32. The first-order valence-corrected chi connectivity index (χ1v) is 9.95. The van der Waals surface area contributed by atoms with Crippen molar-refractivity contribution in [1.82, 2.24) is 9.78 Å². The van der Waals surface area contributed by atoms with Gasteiger partial charge in [0, 0.05) is 11.6 Å². The van der Waals surface area contributed by atoms with Gasteiger partial charge in [0.25, 0.3) is 5.91 Å². The van der Waals surface area contributed by atoms with Crippen molar-refractivity contribution in [3.8, 4) is 28.4 Å². The summed E-state index contributed by atoms with van der Waals surface area (Å²) < 4.78 is 26.4. The van der Waals surface area contributed by atoms with Gasteiger partial charge in [-0.2, -0.15) is 5.10 Å². The highest BCUT2D eigenvalue weighted by Crippen LogP contribution is 2.33. The molecule has 0 fully saturated rings. The van der Waals surface area contributed by atoms with Gasteiger partial charge in [0.1, 0.15) is 23.0 Å². The Balaban J connectivity index is 1.81. The average Bonchev–Trinajstić information content (AvgIpc) is 3.26. The van der Waals surface area contributed by atoms with E-state index in [0.29, 0.717) is 28.4 Å². The van der Waals surface area contributed by atoms with E-state index in [1.54, 1.807) is 44.6 Å². The number of nitrogens with zero attached hydrogens (tertiary/aromatic N) is 2. The summed E-state index contributed by atoms with van der Waals surface area (Å²) in [6.45, 7) is 1.98. The molecular formula is C25H22FN3O3. The molecule has 0 unspecified atom stereocenters. The van der Waals surface area contributed by atoms with Crippen LogP contribution in [0, 0.1) is 12.7 Å². The van der Waals surface area contributed by atoms with Crippen LogP contribution in [0.1, 0.15) is 16.1 Å². The molecule has 6 nitrogen and oxygen atoms in total. The Labute approximate surface area is 185 Å². The van der Waals surface area contributed by atoms with Crippen molar-refractivity contribution in [3.05, 3.63) is 89.9 Å². The van der Waals surface area contributed by atoms with Crippen molar-refractivity contribution in [2.75, 3.05) is 19.5 Å². The SMILES string of the molecule is COc1ccc(-c2cc(C(=O)Nc3ccccc3F)n(-c3ccc(C)cc3)n2)c(OC)c1. The molecule has 1 amide bonds. The highest BCUT2D eigenvalue weighted by atomic mass is 19.1. The molecule has 0 saturated heterocycles. The number of para-hydroxylation sites is 1. The number of benzene rings is 3. The second-order valence-corrected chi connectivity index (χ2v) is 7.16. The molecule has 0 spiro atoms. The van der Waals surface area contributed by atoms with Crippen LogP contribution in [0.5, 0.6) is 11.5 Å². The van der Waals surface area contributed by atoms with Crippen molar-refractivity contribution < 1.29 is 18.7 Å². The van der Waals surface area contributed by atoms with E-state index in [4.69, 9.17) is 9.47 Å². The van der Waals surface area contributed by atoms with Gasteiger partial charge in [-0.25, -0.2) is 9.07 Å². The summed E-state index contributed by atoms with van der Waals surface area (Å²) in [5.41, 5.74) is 3.36. The van der Waals surface area contributed by atoms with E-state index < -0.39 is 11.7 Å². The summed E-state index contributed by atoms with van der Waals surface area (Å²) in [5.74, 6) is 0.196. The van der Waals surface area contributed by atoms with Crippen LogP contribution in [-0.4, -0.2) is 29.9 Å². The number of methoxy groups -OCH3 is 2. The van der Waals surface area contributed by atoms with Crippen LogP contribution in [0.25, 0.3) is 16.9 Å². The minimum absolute atomic E-state index is 0.0951. The van der Waals surface area contributed by atoms with Crippen LogP contribution in [-0.2, 0) is 0 Å². The minimum atomic E-state index is -0.515. The van der Waals surface area contributed by atoms with Crippen molar-refractivity contribution in [1.29, 1.82) is 0 Å². The highest BCUT2D eigenvalue weighted by molar-refractivity contribution is 6.04. The number of hydrogen-bond acceptors (Lipinski definition) is 4. The van der Waals surface area contributed by atoms with Gasteiger partial charge in [-0.15, -0.1) is 0 Å². The third kappa shape index (κ3) is 4.18. The molecule has 0 saturated carbocycles. The lowest BCUT2D eigenvalue weighted by molar-refractivity contribution is 0.101. The van der Waals surface area contributed by atoms with E-state index in [0.717, 1.165) is 5.56 Å². The summed E-state index contributed by atoms with van der Waals surface area (Å²) in [7, 11) is 3.13. The first-order chi connectivity index (χ1) is 15.5. The van der Waals surface area contributed by atoms with E-state index in [-0.39, 0.29) is 11.4 Å². The Morgan fingerprint density at radius 2 is 1.72 bits per heavy atom. The lowest BCUT2D eigenvalue weighted by Gasteiger charge is -2.09. The summed E-state index contributed by atoms with van der Waals surface area (Å²) >= 11 is 0. The van der Waals surface area contributed by atoms with E-state index in [1.807, 2.05) is 37.3 Å². The maximum atomic E-state index is 14.1. The number of hydrogen-bond donors (Lipinski definition) is 1. The van der Waals surface area contributed by atoms with Crippen LogP contribution < -0.4 is 14.8 Å². The largest absolute Gasteiger partial charge is 0.497 e. The van der Waals surface area contributed by atoms with Gasteiger partial charge in [-0.05, 0) is 49.4 Å². The number of amides is 1. The summed E-state index contributed by atoms with van der Waals surface area (Å²) in [6.07, 6.45) is 0. The zero-order chi connectivity index (χ0) is 22.7. The van der Waals surface area contributed by atoms with Gasteiger partial charge < -0.3 is 14.8 Å². The molecule has 0 atom stereocenters. The minimum Gasteiger partial charge on any atom is -0.497 e. The molecule has 0 aliphatic heterocycles. The Bertz CT molecular complexity index is 1270. The molecule has 0 radical (unpaired) electrons. The monoisotopic (exact) mass is 431 g/mol. The number of rotatable bonds is 6. The van der Waals surface area contributed by atoms with Crippen molar-refractivity contribution in [3.63, 3.8) is 0 Å². The van der Waals surface area contributed by atoms with Crippen LogP contribution >= 0.6 is 0 Å². The Kier molecular flexibility index (Phi) is 5.89. The van der Waals surface area contributed by atoms with Crippen LogP contribution in [0.4, 0.5) is 10.1 Å². The summed E-state index contributed by atoms with van der Waals surface area (Å²) in [5, 5.41) is 7.30. The van der Waals surface area contributed by atoms with Crippen LogP contribution in [0.2, 0.25) is 0 Å². The predicted molar refractivity (Wildman–Crippen MR) is 121 cm³/mol. The van der Waals surface area contributed by atoms with Crippen molar-refractivity contribution in [2.45, 2.75) is 6.92 Å². The second kappa shape index (κ2) is 8.93. The Morgan fingerprint density at radius 1 is 0.969 bits per heavy atom. The number of carbonyl (C=O) groups is 1. The maximum Gasteiger partial charge on any atom is 0.274 e. The normalized spacial score (nSPS) is 10.6. The molecule has 4 rings (SSSR count).